The zero-order valence-electron chi connectivity index (χ0n) is 11.4. The Labute approximate surface area is 105 Å². The maximum atomic E-state index is 5.20. The van der Waals surface area contributed by atoms with Crippen LogP contribution in [0.15, 0.2) is 24.3 Å². The van der Waals surface area contributed by atoms with E-state index in [1.807, 2.05) is 0 Å². The summed E-state index contributed by atoms with van der Waals surface area (Å²) in [6.07, 6.45) is 5.15. The van der Waals surface area contributed by atoms with Gasteiger partial charge in [-0.25, -0.2) is 0 Å². The van der Waals surface area contributed by atoms with Gasteiger partial charge in [0.15, 0.2) is 0 Å². The largest absolute Gasteiger partial charge is 0.497 e. The summed E-state index contributed by atoms with van der Waals surface area (Å²) >= 11 is 0. The van der Waals surface area contributed by atoms with Crippen molar-refractivity contribution in [1.29, 1.82) is 0 Å². The quantitative estimate of drug-likeness (QED) is 0.731. The Morgan fingerprint density at radius 3 is 2.18 bits per heavy atom. The van der Waals surface area contributed by atoms with E-state index in [0.717, 1.165) is 11.7 Å². The Kier molecular flexibility index (Phi) is 3.46. The van der Waals surface area contributed by atoms with Gasteiger partial charge in [0.1, 0.15) is 5.75 Å². The lowest BCUT2D eigenvalue weighted by Gasteiger charge is -2.26. The molecule has 0 unspecified atom stereocenters. The first-order valence-electron chi connectivity index (χ1n) is 6.49. The van der Waals surface area contributed by atoms with E-state index in [-0.39, 0.29) is 0 Å². The van der Waals surface area contributed by atoms with Crippen LogP contribution in [0.3, 0.4) is 0 Å². The molecular weight excluding hydrogens is 208 g/mol. The van der Waals surface area contributed by atoms with Crippen molar-refractivity contribution in [1.82, 2.24) is 0 Å². The monoisotopic (exact) mass is 231 g/mol. The molecule has 17 heavy (non-hydrogen) atoms. The summed E-state index contributed by atoms with van der Waals surface area (Å²) in [5, 5.41) is 0. The molecule has 0 bridgehead atoms. The van der Waals surface area contributed by atoms with Gasteiger partial charge in [0.25, 0.3) is 0 Å². The molecule has 1 fully saturated rings. The number of methoxy groups -OCH3 is 1. The number of benzene rings is 1. The Balaban J connectivity index is 2.05. The first-order chi connectivity index (χ1) is 8.00. The molecule has 0 aliphatic heterocycles. The zero-order chi connectivity index (χ0) is 12.5. The maximum Gasteiger partial charge on any atom is 0.118 e. The summed E-state index contributed by atoms with van der Waals surface area (Å²) < 4.78 is 5.20. The fourth-order valence-electron chi connectivity index (χ4n) is 2.68. The van der Waals surface area contributed by atoms with Crippen molar-refractivity contribution in [3.63, 3.8) is 0 Å². The molecule has 0 heterocycles. The summed E-state index contributed by atoms with van der Waals surface area (Å²) in [6, 6.07) is 8.53. The van der Waals surface area contributed by atoms with Crippen LogP contribution in [0, 0.1) is 17.8 Å². The van der Waals surface area contributed by atoms with Gasteiger partial charge in [0.05, 0.1) is 7.11 Å². The lowest BCUT2D eigenvalue weighted by atomic mass is 9.79. The fraction of sp³-hybridized carbons (Fsp3) is 0.562. The third kappa shape index (κ3) is 2.83. The summed E-state index contributed by atoms with van der Waals surface area (Å²) in [4.78, 5) is 0. The van der Waals surface area contributed by atoms with Crippen LogP contribution in [0.25, 0.3) is 0 Å². The molecule has 1 aromatic carbocycles. The van der Waals surface area contributed by atoms with Crippen LogP contribution < -0.4 is 4.74 Å². The molecule has 0 aromatic heterocycles. The second-order valence-corrected chi connectivity index (χ2v) is 6.12. The van der Waals surface area contributed by atoms with Crippen LogP contribution in [0.1, 0.15) is 45.1 Å². The number of rotatable bonds is 2. The molecule has 0 saturated heterocycles. The zero-order valence-corrected chi connectivity index (χ0v) is 11.4. The van der Waals surface area contributed by atoms with Crippen molar-refractivity contribution >= 4 is 0 Å². The second kappa shape index (κ2) is 4.72. The van der Waals surface area contributed by atoms with Crippen LogP contribution >= 0.6 is 0 Å². The molecule has 0 amide bonds. The Bertz CT molecular complexity index is 358. The van der Waals surface area contributed by atoms with Crippen LogP contribution in [-0.2, 0) is 0 Å². The number of ether oxygens (including phenoxy) is 1. The predicted octanol–water partition coefficient (Wildman–Crippen LogP) is 4.44. The van der Waals surface area contributed by atoms with Crippen LogP contribution in [0.4, 0.5) is 0 Å². The highest BCUT2D eigenvalue weighted by atomic mass is 16.5. The lowest BCUT2D eigenvalue weighted by Crippen LogP contribution is -2.17. The Hall–Kier alpha value is -0.980. The van der Waals surface area contributed by atoms with E-state index in [2.05, 4.69) is 51.5 Å². The molecule has 1 aromatic rings. The SMILES string of the molecule is COc1ccc([C@@H]2[CH][C@H](C(C)(C)C)CC2)cc1. The normalized spacial score (nSPS) is 24.9. The molecule has 2 rings (SSSR count). The Morgan fingerprint density at radius 1 is 1.06 bits per heavy atom. The third-order valence-electron chi connectivity index (χ3n) is 3.91. The fourth-order valence-corrected chi connectivity index (χ4v) is 2.68. The first kappa shape index (κ1) is 12.5. The minimum atomic E-state index is 0.404. The van der Waals surface area contributed by atoms with E-state index in [1.54, 1.807) is 7.11 Å². The van der Waals surface area contributed by atoms with Gasteiger partial charge in [-0.3, -0.25) is 0 Å². The molecule has 0 spiro atoms. The van der Waals surface area contributed by atoms with Crippen LogP contribution in [0.2, 0.25) is 0 Å². The van der Waals surface area contributed by atoms with E-state index in [0.29, 0.717) is 11.3 Å². The minimum absolute atomic E-state index is 0.404. The molecule has 1 aliphatic carbocycles. The van der Waals surface area contributed by atoms with Gasteiger partial charge < -0.3 is 4.74 Å². The smallest absolute Gasteiger partial charge is 0.118 e. The van der Waals surface area contributed by atoms with E-state index >= 15 is 0 Å². The summed E-state index contributed by atoms with van der Waals surface area (Å²) in [5.74, 6) is 2.32. The van der Waals surface area contributed by atoms with Gasteiger partial charge in [-0.1, -0.05) is 32.9 Å². The molecule has 1 nitrogen and oxygen atoms in total. The molecule has 1 radical (unpaired) electrons. The molecule has 1 aliphatic rings. The summed E-state index contributed by atoms with van der Waals surface area (Å²) in [7, 11) is 1.71. The average Bonchev–Trinajstić information content (AvgIpc) is 2.78. The third-order valence-corrected chi connectivity index (χ3v) is 3.91. The van der Waals surface area contributed by atoms with Crippen molar-refractivity contribution < 1.29 is 4.74 Å². The summed E-state index contributed by atoms with van der Waals surface area (Å²) in [6.45, 7) is 7.01. The highest BCUT2D eigenvalue weighted by Gasteiger charge is 2.33. The van der Waals surface area contributed by atoms with Crippen molar-refractivity contribution in [3.8, 4) is 5.75 Å². The first-order valence-corrected chi connectivity index (χ1v) is 6.49. The highest BCUT2D eigenvalue weighted by molar-refractivity contribution is 5.31. The number of hydrogen-bond acceptors (Lipinski definition) is 1. The predicted molar refractivity (Wildman–Crippen MR) is 72.2 cm³/mol. The molecule has 0 N–H and O–H groups in total. The number of hydrogen-bond donors (Lipinski definition) is 0. The van der Waals surface area contributed by atoms with Crippen molar-refractivity contribution in [2.45, 2.75) is 39.5 Å². The van der Waals surface area contributed by atoms with Gasteiger partial charge in [-0.05, 0) is 54.2 Å². The van der Waals surface area contributed by atoms with E-state index in [9.17, 15) is 0 Å². The van der Waals surface area contributed by atoms with Gasteiger partial charge in [0.2, 0.25) is 0 Å². The van der Waals surface area contributed by atoms with Crippen molar-refractivity contribution in [2.24, 2.45) is 11.3 Å². The average molecular weight is 231 g/mol. The molecule has 2 atom stereocenters. The van der Waals surface area contributed by atoms with Gasteiger partial charge in [-0.15, -0.1) is 0 Å². The van der Waals surface area contributed by atoms with Crippen molar-refractivity contribution in [3.05, 3.63) is 36.2 Å². The van der Waals surface area contributed by atoms with Gasteiger partial charge in [0, 0.05) is 0 Å². The van der Waals surface area contributed by atoms with E-state index in [4.69, 9.17) is 4.74 Å². The minimum Gasteiger partial charge on any atom is -0.497 e. The maximum absolute atomic E-state index is 5.20. The summed E-state index contributed by atoms with van der Waals surface area (Å²) in [5.41, 5.74) is 1.83. The van der Waals surface area contributed by atoms with E-state index in [1.165, 1.54) is 18.4 Å². The van der Waals surface area contributed by atoms with Crippen molar-refractivity contribution in [2.75, 3.05) is 7.11 Å². The van der Waals surface area contributed by atoms with Crippen LogP contribution in [-0.4, -0.2) is 7.11 Å². The molecule has 1 saturated carbocycles. The molecule has 93 valence electrons. The molecule has 1 heteroatoms. The standard InChI is InChI=1S/C16H23O/c1-16(2,3)14-8-5-13(11-14)12-6-9-15(17-4)10-7-12/h6-7,9-11,13-14H,5,8H2,1-4H3/t13-,14+/m0/s1. The lowest BCUT2D eigenvalue weighted by molar-refractivity contribution is 0.281. The highest BCUT2D eigenvalue weighted by Crippen LogP contribution is 2.45. The second-order valence-electron chi connectivity index (χ2n) is 6.12. The molecular formula is C16H23O. The Morgan fingerprint density at radius 2 is 1.71 bits per heavy atom. The van der Waals surface area contributed by atoms with E-state index < -0.39 is 0 Å². The van der Waals surface area contributed by atoms with Crippen LogP contribution in [0.5, 0.6) is 5.75 Å². The van der Waals surface area contributed by atoms with Gasteiger partial charge >= 0.3 is 0 Å². The topological polar surface area (TPSA) is 9.23 Å². The van der Waals surface area contributed by atoms with Gasteiger partial charge in [-0.2, -0.15) is 0 Å².